The quantitative estimate of drug-likeness (QED) is 0.542. The van der Waals surface area contributed by atoms with Crippen molar-refractivity contribution >= 4 is 11.7 Å². The van der Waals surface area contributed by atoms with Crippen molar-refractivity contribution < 1.29 is 18.7 Å². The van der Waals surface area contributed by atoms with Gasteiger partial charge in [-0.25, -0.2) is 4.39 Å². The number of amides is 1. The molecule has 4 rings (SSSR count). The van der Waals surface area contributed by atoms with E-state index in [1.807, 2.05) is 42.2 Å². The number of piperazine rings is 1. The zero-order valence-corrected chi connectivity index (χ0v) is 21.1. The summed E-state index contributed by atoms with van der Waals surface area (Å²) >= 11 is 0. The molecule has 0 bridgehead atoms. The Morgan fingerprint density at radius 1 is 1.09 bits per heavy atom. The summed E-state index contributed by atoms with van der Waals surface area (Å²) < 4.78 is 20.4. The summed E-state index contributed by atoms with van der Waals surface area (Å²) in [5.74, 6) is 0.183. The minimum atomic E-state index is -0.643. The van der Waals surface area contributed by atoms with Gasteiger partial charge in [-0.05, 0) is 49.4 Å². The maximum absolute atomic E-state index is 14.9. The molecule has 1 amide bonds. The third-order valence-corrected chi connectivity index (χ3v) is 7.73. The van der Waals surface area contributed by atoms with Crippen LogP contribution in [0.5, 0.6) is 0 Å². The summed E-state index contributed by atoms with van der Waals surface area (Å²) in [5, 5.41) is 0. The molecular formula is C29H37FN2O3. The molecule has 0 unspecified atom stereocenters. The molecule has 2 fully saturated rings. The van der Waals surface area contributed by atoms with Gasteiger partial charge in [0.1, 0.15) is 11.9 Å². The summed E-state index contributed by atoms with van der Waals surface area (Å²) in [4.78, 5) is 30.2. The number of halogens is 1. The average molecular weight is 481 g/mol. The van der Waals surface area contributed by atoms with E-state index < -0.39 is 6.10 Å². The van der Waals surface area contributed by atoms with Crippen molar-refractivity contribution in [2.24, 2.45) is 5.92 Å². The number of hydrogen-bond donors (Lipinski definition) is 0. The number of nitrogens with zero attached hydrogens (tertiary/aromatic N) is 2. The van der Waals surface area contributed by atoms with Crippen LogP contribution in [0, 0.1) is 18.7 Å². The number of carbonyl (C=O) groups is 2. The molecule has 2 aromatic rings. The van der Waals surface area contributed by atoms with Crippen molar-refractivity contribution in [1.82, 2.24) is 9.80 Å². The maximum atomic E-state index is 14.9. The van der Waals surface area contributed by atoms with Crippen molar-refractivity contribution in [2.45, 2.75) is 64.6 Å². The van der Waals surface area contributed by atoms with Crippen molar-refractivity contribution in [3.05, 3.63) is 70.5 Å². The summed E-state index contributed by atoms with van der Waals surface area (Å²) in [6, 6.07) is 12.7. The van der Waals surface area contributed by atoms with E-state index >= 15 is 0 Å². The first-order valence-corrected chi connectivity index (χ1v) is 12.8. The van der Waals surface area contributed by atoms with Gasteiger partial charge in [0.15, 0.2) is 5.78 Å². The first-order valence-electron chi connectivity index (χ1n) is 12.8. The predicted octanol–water partition coefficient (Wildman–Crippen LogP) is 4.86. The second-order valence-electron chi connectivity index (χ2n) is 10.1. The molecule has 0 aromatic heterocycles. The van der Waals surface area contributed by atoms with Crippen molar-refractivity contribution in [3.63, 3.8) is 0 Å². The Balaban J connectivity index is 1.43. The lowest BCUT2D eigenvalue weighted by Crippen LogP contribution is -2.54. The van der Waals surface area contributed by atoms with Crippen LogP contribution in [0.2, 0.25) is 0 Å². The van der Waals surface area contributed by atoms with Crippen LogP contribution in [-0.2, 0) is 27.3 Å². The third kappa shape index (κ3) is 5.81. The fourth-order valence-corrected chi connectivity index (χ4v) is 5.65. The third-order valence-electron chi connectivity index (χ3n) is 7.73. The van der Waals surface area contributed by atoms with E-state index in [-0.39, 0.29) is 30.0 Å². The molecule has 1 aliphatic heterocycles. The SMILES string of the molecule is CO[C@@H](C(=O)Cc1ccc(F)c(CN2CCN(C(=O)C3CCCC3)[C@@H](C)C2)c1C)c1ccccc1. The second-order valence-corrected chi connectivity index (χ2v) is 10.1. The van der Waals surface area contributed by atoms with Gasteiger partial charge in [0.05, 0.1) is 0 Å². The largest absolute Gasteiger partial charge is 0.369 e. The molecule has 6 heteroatoms. The number of Topliss-reactive ketones (excluding diaryl/α,β-unsaturated/α-hetero) is 1. The smallest absolute Gasteiger partial charge is 0.226 e. The van der Waals surface area contributed by atoms with Crippen LogP contribution >= 0.6 is 0 Å². The van der Waals surface area contributed by atoms with Gasteiger partial charge in [-0.2, -0.15) is 0 Å². The first-order chi connectivity index (χ1) is 16.9. The van der Waals surface area contributed by atoms with Crippen molar-refractivity contribution in [2.75, 3.05) is 26.7 Å². The van der Waals surface area contributed by atoms with Gasteiger partial charge < -0.3 is 9.64 Å². The Labute approximate surface area is 208 Å². The molecule has 2 aliphatic rings. The number of hydrogen-bond acceptors (Lipinski definition) is 4. The molecular weight excluding hydrogens is 443 g/mol. The van der Waals surface area contributed by atoms with Crippen LogP contribution < -0.4 is 0 Å². The van der Waals surface area contributed by atoms with Crippen LogP contribution in [-0.4, -0.2) is 54.3 Å². The van der Waals surface area contributed by atoms with E-state index in [2.05, 4.69) is 11.8 Å². The zero-order valence-electron chi connectivity index (χ0n) is 21.1. The first kappa shape index (κ1) is 25.5. The van der Waals surface area contributed by atoms with Gasteiger partial charge in [-0.3, -0.25) is 14.5 Å². The summed E-state index contributed by atoms with van der Waals surface area (Å²) in [6.07, 6.45) is 3.87. The van der Waals surface area contributed by atoms with Crippen LogP contribution in [0.25, 0.3) is 0 Å². The van der Waals surface area contributed by atoms with Gasteiger partial charge in [0.2, 0.25) is 5.91 Å². The topological polar surface area (TPSA) is 49.9 Å². The molecule has 0 spiro atoms. The highest BCUT2D eigenvalue weighted by Crippen LogP contribution is 2.29. The Hall–Kier alpha value is -2.57. The van der Waals surface area contributed by atoms with E-state index in [1.54, 1.807) is 6.07 Å². The molecule has 1 saturated heterocycles. The highest BCUT2D eigenvalue weighted by Gasteiger charge is 2.33. The monoisotopic (exact) mass is 480 g/mol. The Morgan fingerprint density at radius 3 is 2.46 bits per heavy atom. The van der Waals surface area contributed by atoms with E-state index in [0.29, 0.717) is 24.6 Å². The van der Waals surface area contributed by atoms with Gasteiger partial charge in [0, 0.05) is 57.2 Å². The number of ether oxygens (including phenoxy) is 1. The summed E-state index contributed by atoms with van der Waals surface area (Å²) in [7, 11) is 1.54. The molecule has 35 heavy (non-hydrogen) atoms. The second kappa shape index (κ2) is 11.4. The van der Waals surface area contributed by atoms with Crippen LogP contribution in [0.4, 0.5) is 4.39 Å². The average Bonchev–Trinajstić information content (AvgIpc) is 3.40. The lowest BCUT2D eigenvalue weighted by Gasteiger charge is -2.41. The Morgan fingerprint density at radius 2 is 1.80 bits per heavy atom. The number of ketones is 1. The predicted molar refractivity (Wildman–Crippen MR) is 134 cm³/mol. The number of methoxy groups -OCH3 is 1. The van der Waals surface area contributed by atoms with E-state index in [9.17, 15) is 14.0 Å². The molecule has 0 radical (unpaired) electrons. The highest BCUT2D eigenvalue weighted by molar-refractivity contribution is 5.86. The van der Waals surface area contributed by atoms with Gasteiger partial charge in [-0.15, -0.1) is 0 Å². The van der Waals surface area contributed by atoms with Gasteiger partial charge in [-0.1, -0.05) is 49.2 Å². The lowest BCUT2D eigenvalue weighted by atomic mass is 9.94. The fraction of sp³-hybridized carbons (Fsp3) is 0.517. The molecule has 2 aromatic carbocycles. The Kier molecular flexibility index (Phi) is 8.34. The molecule has 1 saturated carbocycles. The zero-order chi connectivity index (χ0) is 24.9. The number of carbonyl (C=O) groups excluding carboxylic acids is 2. The molecule has 2 atom stereocenters. The molecule has 1 heterocycles. The van der Waals surface area contributed by atoms with Gasteiger partial charge >= 0.3 is 0 Å². The van der Waals surface area contributed by atoms with E-state index in [4.69, 9.17) is 4.74 Å². The maximum Gasteiger partial charge on any atom is 0.226 e. The van der Waals surface area contributed by atoms with Gasteiger partial charge in [0.25, 0.3) is 0 Å². The van der Waals surface area contributed by atoms with Crippen LogP contribution in [0.3, 0.4) is 0 Å². The summed E-state index contributed by atoms with van der Waals surface area (Å²) in [5.41, 5.74) is 3.09. The fourth-order valence-electron chi connectivity index (χ4n) is 5.65. The van der Waals surface area contributed by atoms with E-state index in [1.165, 1.54) is 13.2 Å². The highest BCUT2D eigenvalue weighted by atomic mass is 19.1. The number of rotatable bonds is 8. The number of benzene rings is 2. The Bertz CT molecular complexity index is 1040. The molecule has 188 valence electrons. The van der Waals surface area contributed by atoms with E-state index in [0.717, 1.165) is 55.5 Å². The minimum Gasteiger partial charge on any atom is -0.369 e. The molecule has 5 nitrogen and oxygen atoms in total. The standard InChI is InChI=1S/C29H37FN2O3/c1-20-18-31(15-16-32(20)29(34)23-11-7-8-12-23)19-25-21(2)24(13-14-26(25)30)17-27(33)28(35-3)22-9-5-4-6-10-22/h4-6,9-10,13-14,20,23,28H,7-8,11-12,15-19H2,1-3H3/t20-,28+/m0/s1. The lowest BCUT2D eigenvalue weighted by molar-refractivity contribution is -0.140. The minimum absolute atomic E-state index is 0.0491. The van der Waals surface area contributed by atoms with Crippen molar-refractivity contribution in [1.29, 1.82) is 0 Å². The normalized spacial score (nSPS) is 20.2. The van der Waals surface area contributed by atoms with Crippen LogP contribution in [0.1, 0.15) is 61.0 Å². The van der Waals surface area contributed by atoms with Crippen LogP contribution in [0.15, 0.2) is 42.5 Å². The molecule has 0 N–H and O–H groups in total. The van der Waals surface area contributed by atoms with Crippen molar-refractivity contribution in [3.8, 4) is 0 Å². The molecule has 1 aliphatic carbocycles. The summed E-state index contributed by atoms with van der Waals surface area (Å²) in [6.45, 7) is 6.59.